The second-order valence-corrected chi connectivity index (χ2v) is 13.2. The molecule has 0 spiro atoms. The minimum Gasteiger partial charge on any atom is -0.491 e. The molecular formula is C36H42Cl2N8O4. The van der Waals surface area contributed by atoms with E-state index >= 15 is 0 Å². The third-order valence-electron chi connectivity index (χ3n) is 8.98. The molecule has 1 aromatic heterocycles. The minimum atomic E-state index is -1.19. The van der Waals surface area contributed by atoms with Gasteiger partial charge in [-0.25, -0.2) is 14.0 Å². The molecule has 50 heavy (non-hydrogen) atoms. The van der Waals surface area contributed by atoms with Crippen molar-refractivity contribution < 1.29 is 14.2 Å². The average Bonchev–Trinajstić information content (AvgIpc) is 3.73. The Balaban J connectivity index is 1.00. The summed E-state index contributed by atoms with van der Waals surface area (Å²) in [6.45, 7) is 8.40. The summed E-state index contributed by atoms with van der Waals surface area (Å²) in [5.41, 5.74) is 6.48. The molecule has 12 nitrogen and oxygen atoms in total. The number of aromatic nitrogens is 3. The molecule has 3 aromatic carbocycles. The van der Waals surface area contributed by atoms with Crippen molar-refractivity contribution in [3.63, 3.8) is 0 Å². The molecule has 14 heteroatoms. The van der Waals surface area contributed by atoms with E-state index in [0.29, 0.717) is 22.2 Å². The summed E-state index contributed by atoms with van der Waals surface area (Å²) in [7, 11) is 0. The molecule has 2 aliphatic heterocycles. The van der Waals surface area contributed by atoms with Crippen molar-refractivity contribution in [2.24, 2.45) is 5.10 Å². The largest absolute Gasteiger partial charge is 0.491 e. The quantitative estimate of drug-likeness (QED) is 0.122. The van der Waals surface area contributed by atoms with Gasteiger partial charge in [-0.1, -0.05) is 42.6 Å². The van der Waals surface area contributed by atoms with E-state index in [0.717, 1.165) is 68.0 Å². The zero-order chi connectivity index (χ0) is 35.1. The van der Waals surface area contributed by atoms with E-state index in [1.807, 2.05) is 31.2 Å². The van der Waals surface area contributed by atoms with Gasteiger partial charge in [-0.2, -0.15) is 10.2 Å². The monoisotopic (exact) mass is 720 g/mol. The lowest BCUT2D eigenvalue weighted by molar-refractivity contribution is -0.175. The smallest absolute Gasteiger partial charge is 0.350 e. The Hall–Kier alpha value is -4.36. The fraction of sp³-hybridized carbons (Fsp3) is 0.389. The fourth-order valence-electron chi connectivity index (χ4n) is 6.34. The van der Waals surface area contributed by atoms with E-state index < -0.39 is 5.79 Å². The zero-order valence-corrected chi connectivity index (χ0v) is 29.7. The highest BCUT2D eigenvalue weighted by molar-refractivity contribution is 6.35. The van der Waals surface area contributed by atoms with Gasteiger partial charge in [0.25, 0.3) is 0 Å². The number of rotatable bonds is 14. The van der Waals surface area contributed by atoms with Crippen molar-refractivity contribution in [1.82, 2.24) is 19.8 Å². The number of halogens is 2. The lowest BCUT2D eigenvalue weighted by atomic mass is 10.1. The number of hydrogen-bond donors (Lipinski definition) is 2. The molecule has 0 radical (unpaired) electrons. The number of nitrogens with one attached hydrogen (secondary N) is 2. The van der Waals surface area contributed by atoms with Crippen LogP contribution in [0.25, 0.3) is 5.69 Å². The highest BCUT2D eigenvalue weighted by Crippen LogP contribution is 2.39. The molecular weight excluding hydrogens is 679 g/mol. The lowest BCUT2D eigenvalue weighted by Gasteiger charge is -2.37. The summed E-state index contributed by atoms with van der Waals surface area (Å²) in [5, 5.41) is 16.4. The van der Waals surface area contributed by atoms with Crippen LogP contribution in [0.4, 0.5) is 11.4 Å². The number of piperazine rings is 1. The second-order valence-electron chi connectivity index (χ2n) is 12.4. The molecule has 2 fully saturated rings. The van der Waals surface area contributed by atoms with Crippen LogP contribution in [0.2, 0.25) is 10.0 Å². The summed E-state index contributed by atoms with van der Waals surface area (Å²) in [6, 6.07) is 21.5. The third-order valence-corrected chi connectivity index (χ3v) is 9.53. The molecule has 0 bridgehead atoms. The molecule has 2 aliphatic rings. The van der Waals surface area contributed by atoms with Crippen LogP contribution < -0.4 is 25.7 Å². The zero-order valence-electron chi connectivity index (χ0n) is 28.2. The molecule has 0 amide bonds. The lowest BCUT2D eigenvalue weighted by Crippen LogP contribution is -2.46. The van der Waals surface area contributed by atoms with Gasteiger partial charge in [0.2, 0.25) is 5.79 Å². The van der Waals surface area contributed by atoms with Gasteiger partial charge in [-0.05, 0) is 74.0 Å². The normalized spacial score (nSPS) is 20.0. The van der Waals surface area contributed by atoms with E-state index in [9.17, 15) is 4.79 Å². The summed E-state index contributed by atoms with van der Waals surface area (Å²) in [6.07, 6.45) is 5.57. The first-order valence-electron chi connectivity index (χ1n) is 16.8. The number of hydrazone groups is 1. The summed E-state index contributed by atoms with van der Waals surface area (Å²) >= 11 is 12.7. The molecule has 4 aromatic rings. The van der Waals surface area contributed by atoms with Crippen LogP contribution in [-0.2, 0) is 15.3 Å². The molecule has 2 N–H and O–H groups in total. The van der Waals surface area contributed by atoms with Crippen LogP contribution in [-0.4, -0.2) is 78.8 Å². The van der Waals surface area contributed by atoms with Crippen LogP contribution >= 0.6 is 23.2 Å². The maximum absolute atomic E-state index is 12.9. The van der Waals surface area contributed by atoms with Gasteiger partial charge in [0.1, 0.15) is 24.8 Å². The molecule has 3 atom stereocenters. The summed E-state index contributed by atoms with van der Waals surface area (Å²) < 4.78 is 21.8. The molecule has 0 saturated carbocycles. The molecule has 3 heterocycles. The van der Waals surface area contributed by atoms with Crippen molar-refractivity contribution in [2.45, 2.75) is 44.6 Å². The Kier molecular flexibility index (Phi) is 11.4. The predicted molar refractivity (Wildman–Crippen MR) is 198 cm³/mol. The molecule has 0 aliphatic carbocycles. The maximum Gasteiger partial charge on any atom is 0.350 e. The highest BCUT2D eigenvalue weighted by Gasteiger charge is 2.45. The van der Waals surface area contributed by atoms with Gasteiger partial charge in [-0.3, -0.25) is 0 Å². The first-order valence-corrected chi connectivity index (χ1v) is 17.6. The van der Waals surface area contributed by atoms with Crippen LogP contribution in [0.15, 0.2) is 83.0 Å². The summed E-state index contributed by atoms with van der Waals surface area (Å²) in [5.74, 6) is -0.462. The maximum atomic E-state index is 12.9. The van der Waals surface area contributed by atoms with Gasteiger partial charge in [0, 0.05) is 54.4 Å². The molecule has 264 valence electrons. The SMILES string of the molecule is CCCC(C)n1ncn(-c2ccc(N3CCN(c4ccc(OC[C@@H]5CO[C@@](CN/N=C\C=N)(c6ccc(Cl)cc6Cl)O5)cc4)CC3)cc2)c1=O. The van der Waals surface area contributed by atoms with E-state index in [4.69, 9.17) is 42.8 Å². The average molecular weight is 722 g/mol. The van der Waals surface area contributed by atoms with E-state index in [-0.39, 0.29) is 31.0 Å². The Morgan fingerprint density at radius 3 is 2.34 bits per heavy atom. The van der Waals surface area contributed by atoms with Crippen molar-refractivity contribution in [2.75, 3.05) is 55.7 Å². The third kappa shape index (κ3) is 7.99. The fourth-order valence-corrected chi connectivity index (χ4v) is 6.89. The Labute approximate surface area is 301 Å². The van der Waals surface area contributed by atoms with E-state index in [2.05, 4.69) is 56.6 Å². The van der Waals surface area contributed by atoms with Gasteiger partial charge in [-0.15, -0.1) is 0 Å². The Bertz CT molecular complexity index is 1820. The first kappa shape index (κ1) is 35.5. The number of hydrogen-bond acceptors (Lipinski definition) is 10. The Morgan fingerprint density at radius 2 is 1.70 bits per heavy atom. The minimum absolute atomic E-state index is 0.0752. The van der Waals surface area contributed by atoms with Crippen LogP contribution in [0.3, 0.4) is 0 Å². The van der Waals surface area contributed by atoms with Crippen molar-refractivity contribution in [1.29, 1.82) is 5.41 Å². The number of anilines is 2. The van der Waals surface area contributed by atoms with Crippen molar-refractivity contribution >= 4 is 47.0 Å². The topological polar surface area (TPSA) is 122 Å². The number of nitrogens with zero attached hydrogens (tertiary/aromatic N) is 6. The van der Waals surface area contributed by atoms with E-state index in [1.165, 1.54) is 6.21 Å². The van der Waals surface area contributed by atoms with Gasteiger partial charge >= 0.3 is 5.69 Å². The first-order chi connectivity index (χ1) is 24.3. The van der Waals surface area contributed by atoms with Crippen LogP contribution in [0.1, 0.15) is 38.3 Å². The number of benzene rings is 3. The molecule has 1 unspecified atom stereocenters. The second kappa shape index (κ2) is 16.1. The molecule has 6 rings (SSSR count). The van der Waals surface area contributed by atoms with Gasteiger partial charge in [0.15, 0.2) is 0 Å². The van der Waals surface area contributed by atoms with E-state index in [1.54, 1.807) is 33.8 Å². The van der Waals surface area contributed by atoms with Gasteiger partial charge in [0.05, 0.1) is 36.1 Å². The van der Waals surface area contributed by atoms with Crippen molar-refractivity contribution in [3.05, 3.63) is 99.2 Å². The van der Waals surface area contributed by atoms with Crippen LogP contribution in [0, 0.1) is 5.41 Å². The highest BCUT2D eigenvalue weighted by atomic mass is 35.5. The number of ether oxygens (including phenoxy) is 3. The Morgan fingerprint density at radius 1 is 1.04 bits per heavy atom. The predicted octanol–water partition coefficient (Wildman–Crippen LogP) is 5.90. The summed E-state index contributed by atoms with van der Waals surface area (Å²) in [4.78, 5) is 17.6. The molecule has 2 saturated heterocycles. The van der Waals surface area contributed by atoms with Gasteiger partial charge < -0.3 is 34.8 Å². The standard InChI is InChI=1S/C36H42Cl2N8O4/c1-3-4-26(2)46-35(47)45(25-42-46)30-8-6-28(7-9-30)43-17-19-44(20-18-43)29-10-12-31(13-11-29)48-22-32-23-49-36(50-32,24-41-40-16-15-39)33-14-5-27(37)21-34(33)38/h5-16,21,25-26,32,39,41H,3-4,17-20,22-24H2,1-2H3/b39-15?,40-16-/t26?,32-,36-/m1/s1. The van der Waals surface area contributed by atoms with Crippen LogP contribution in [0.5, 0.6) is 5.75 Å². The van der Waals surface area contributed by atoms with Crippen molar-refractivity contribution in [3.8, 4) is 11.4 Å².